The maximum atomic E-state index is 12.5. The van der Waals surface area contributed by atoms with Gasteiger partial charge in [-0.1, -0.05) is 12.1 Å². The first kappa shape index (κ1) is 15.5. The molecule has 0 bridgehead atoms. The molecule has 0 aromatic heterocycles. The Balaban J connectivity index is 2.16. The van der Waals surface area contributed by atoms with Gasteiger partial charge in [0.05, 0.1) is 28.9 Å². The Hall–Kier alpha value is -1.89. The minimum atomic E-state index is -3.51. The third kappa shape index (κ3) is 3.24. The van der Waals surface area contributed by atoms with Crippen molar-refractivity contribution >= 4 is 10.0 Å². The molecule has 2 rings (SSSR count). The number of sulfonamides is 1. The smallest absolute Gasteiger partial charge is 0.207 e. The topological polar surface area (TPSA) is 85.0 Å². The second-order valence-electron chi connectivity index (χ2n) is 5.56. The highest BCUT2D eigenvalue weighted by Gasteiger charge is 2.35. The molecule has 1 aliphatic rings. The number of nitrogens with zero attached hydrogens (tertiary/aromatic N) is 3. The number of nitriles is 2. The van der Waals surface area contributed by atoms with Crippen LogP contribution in [0, 0.1) is 28.1 Å². The van der Waals surface area contributed by atoms with E-state index in [1.807, 2.05) is 13.0 Å². The molecule has 1 aromatic carbocycles. The molecular weight excluding hydrogens is 286 g/mol. The fourth-order valence-corrected chi connectivity index (χ4v) is 3.79. The van der Waals surface area contributed by atoms with Gasteiger partial charge in [-0.05, 0) is 37.5 Å². The van der Waals surface area contributed by atoms with Crippen molar-refractivity contribution in [2.45, 2.75) is 31.1 Å². The Morgan fingerprint density at radius 3 is 2.24 bits per heavy atom. The van der Waals surface area contributed by atoms with Gasteiger partial charge in [-0.2, -0.15) is 14.8 Å². The third-order valence-electron chi connectivity index (χ3n) is 3.94. The van der Waals surface area contributed by atoms with E-state index in [4.69, 9.17) is 10.5 Å². The van der Waals surface area contributed by atoms with E-state index < -0.39 is 15.4 Å². The Kier molecular flexibility index (Phi) is 4.32. The zero-order valence-electron chi connectivity index (χ0n) is 11.9. The lowest BCUT2D eigenvalue weighted by molar-refractivity contribution is 0.232. The van der Waals surface area contributed by atoms with Gasteiger partial charge in [0.15, 0.2) is 0 Å². The van der Waals surface area contributed by atoms with E-state index in [9.17, 15) is 8.42 Å². The van der Waals surface area contributed by atoms with Crippen LogP contribution in [0.15, 0.2) is 29.2 Å². The number of rotatable bonds is 3. The van der Waals surface area contributed by atoms with Crippen LogP contribution in [0.3, 0.4) is 0 Å². The largest absolute Gasteiger partial charge is 0.243 e. The summed E-state index contributed by atoms with van der Waals surface area (Å²) < 4.78 is 26.5. The van der Waals surface area contributed by atoms with Crippen LogP contribution in [0.1, 0.15) is 25.3 Å². The molecule has 0 aliphatic carbocycles. The Bertz CT molecular complexity index is 688. The van der Waals surface area contributed by atoms with Crippen LogP contribution in [0.4, 0.5) is 0 Å². The average Bonchev–Trinajstić information content (AvgIpc) is 2.49. The zero-order valence-corrected chi connectivity index (χ0v) is 12.7. The molecule has 1 aliphatic heterocycles. The molecule has 0 amide bonds. The van der Waals surface area contributed by atoms with E-state index in [-0.39, 0.29) is 11.3 Å². The minimum absolute atomic E-state index is 0.241. The van der Waals surface area contributed by atoms with Gasteiger partial charge < -0.3 is 0 Å². The van der Waals surface area contributed by atoms with Gasteiger partial charge in [0, 0.05) is 13.1 Å². The third-order valence-corrected chi connectivity index (χ3v) is 5.85. The summed E-state index contributed by atoms with van der Waals surface area (Å²) in [5, 5.41) is 17.7. The van der Waals surface area contributed by atoms with E-state index in [2.05, 4.69) is 6.07 Å². The quantitative estimate of drug-likeness (QED) is 0.855. The summed E-state index contributed by atoms with van der Waals surface area (Å²) in [4.78, 5) is 0.241. The molecule has 5 nitrogen and oxygen atoms in total. The molecule has 0 unspecified atom stereocenters. The maximum absolute atomic E-state index is 12.5. The van der Waals surface area contributed by atoms with Crippen molar-refractivity contribution < 1.29 is 8.42 Å². The highest BCUT2D eigenvalue weighted by atomic mass is 32.2. The van der Waals surface area contributed by atoms with Crippen LogP contribution >= 0.6 is 0 Å². The van der Waals surface area contributed by atoms with E-state index in [0.717, 1.165) is 5.56 Å². The second kappa shape index (κ2) is 5.85. The van der Waals surface area contributed by atoms with Gasteiger partial charge in [0.25, 0.3) is 0 Å². The van der Waals surface area contributed by atoms with Crippen molar-refractivity contribution in [3.05, 3.63) is 29.8 Å². The van der Waals surface area contributed by atoms with Crippen LogP contribution in [0.5, 0.6) is 0 Å². The molecule has 1 saturated heterocycles. The summed E-state index contributed by atoms with van der Waals surface area (Å²) in [6.45, 7) is 2.60. The first-order valence-corrected chi connectivity index (χ1v) is 8.23. The van der Waals surface area contributed by atoms with Gasteiger partial charge in [-0.25, -0.2) is 8.42 Å². The summed E-state index contributed by atoms with van der Waals surface area (Å²) in [6.07, 6.45) is 1.37. The van der Waals surface area contributed by atoms with Gasteiger partial charge in [-0.15, -0.1) is 0 Å². The second-order valence-corrected chi connectivity index (χ2v) is 7.49. The van der Waals surface area contributed by atoms with Crippen molar-refractivity contribution in [3.63, 3.8) is 0 Å². The average molecular weight is 303 g/mol. The molecule has 6 heteroatoms. The predicted octanol–water partition coefficient (Wildman–Crippen LogP) is 2.07. The maximum Gasteiger partial charge on any atom is 0.243 e. The van der Waals surface area contributed by atoms with E-state index >= 15 is 0 Å². The van der Waals surface area contributed by atoms with Crippen molar-refractivity contribution in [2.24, 2.45) is 5.41 Å². The summed E-state index contributed by atoms with van der Waals surface area (Å²) >= 11 is 0. The van der Waals surface area contributed by atoms with Gasteiger partial charge in [-0.3, -0.25) is 0 Å². The lowest BCUT2D eigenvalue weighted by Crippen LogP contribution is -2.41. The molecule has 110 valence electrons. The van der Waals surface area contributed by atoms with Crippen molar-refractivity contribution in [1.82, 2.24) is 4.31 Å². The van der Waals surface area contributed by atoms with Crippen LogP contribution in [-0.2, 0) is 16.4 Å². The van der Waals surface area contributed by atoms with Crippen LogP contribution in [0.2, 0.25) is 0 Å². The summed E-state index contributed by atoms with van der Waals surface area (Å²) in [7, 11) is -3.51. The van der Waals surface area contributed by atoms with E-state index in [1.165, 1.54) is 4.31 Å². The lowest BCUT2D eigenvalue weighted by Gasteiger charge is -2.34. The highest BCUT2D eigenvalue weighted by Crippen LogP contribution is 2.32. The molecule has 1 fully saturated rings. The van der Waals surface area contributed by atoms with Crippen LogP contribution in [0.25, 0.3) is 0 Å². The first-order valence-electron chi connectivity index (χ1n) is 6.79. The molecule has 1 aromatic rings. The molecule has 0 atom stereocenters. The number of hydrogen-bond donors (Lipinski definition) is 0. The van der Waals surface area contributed by atoms with Gasteiger partial charge in [0.2, 0.25) is 10.0 Å². The Labute approximate surface area is 125 Å². The monoisotopic (exact) mass is 303 g/mol. The van der Waals surface area contributed by atoms with E-state index in [1.54, 1.807) is 24.3 Å². The Morgan fingerprint density at radius 2 is 1.76 bits per heavy atom. The molecule has 0 N–H and O–H groups in total. The standard InChI is InChI=1S/C15H17N3O2S/c1-15(12-17)7-10-18(11-8-15)21(19,20)14-4-2-13(3-5-14)6-9-16/h2-5H,6-8,10-11H2,1H3. The fraction of sp³-hybridized carbons (Fsp3) is 0.467. The fourth-order valence-electron chi connectivity index (χ4n) is 2.35. The first-order chi connectivity index (χ1) is 9.91. The SMILES string of the molecule is CC1(C#N)CCN(S(=O)(=O)c2ccc(CC#N)cc2)CC1. The molecule has 21 heavy (non-hydrogen) atoms. The lowest BCUT2D eigenvalue weighted by atomic mass is 9.83. The van der Waals surface area contributed by atoms with Crippen molar-refractivity contribution in [3.8, 4) is 12.1 Å². The van der Waals surface area contributed by atoms with Gasteiger partial charge in [0.1, 0.15) is 0 Å². The summed E-state index contributed by atoms with van der Waals surface area (Å²) in [6, 6.07) is 10.7. The number of hydrogen-bond acceptors (Lipinski definition) is 4. The predicted molar refractivity (Wildman–Crippen MR) is 77.5 cm³/mol. The molecule has 0 spiro atoms. The van der Waals surface area contributed by atoms with Crippen molar-refractivity contribution in [1.29, 1.82) is 10.5 Å². The molecular formula is C15H17N3O2S. The molecule has 1 heterocycles. The van der Waals surface area contributed by atoms with Gasteiger partial charge >= 0.3 is 0 Å². The number of piperidine rings is 1. The Morgan fingerprint density at radius 1 is 1.19 bits per heavy atom. The normalized spacial score (nSPS) is 18.6. The minimum Gasteiger partial charge on any atom is -0.207 e. The highest BCUT2D eigenvalue weighted by molar-refractivity contribution is 7.89. The van der Waals surface area contributed by atoms with Crippen LogP contribution < -0.4 is 0 Å². The molecule has 0 saturated carbocycles. The van der Waals surface area contributed by atoms with Crippen LogP contribution in [-0.4, -0.2) is 25.8 Å². The van der Waals surface area contributed by atoms with Crippen molar-refractivity contribution in [2.75, 3.05) is 13.1 Å². The zero-order chi connectivity index (χ0) is 15.5. The number of benzene rings is 1. The van der Waals surface area contributed by atoms with E-state index in [0.29, 0.717) is 25.9 Å². The summed E-state index contributed by atoms with van der Waals surface area (Å²) in [5.41, 5.74) is 0.370. The molecule has 0 radical (unpaired) electrons. The summed E-state index contributed by atoms with van der Waals surface area (Å²) in [5.74, 6) is 0.